The zero-order valence-corrected chi connectivity index (χ0v) is 10.1. The minimum absolute atomic E-state index is 0.467. The van der Waals surface area contributed by atoms with Crippen molar-refractivity contribution in [3.63, 3.8) is 0 Å². The number of hydrogen-bond acceptors (Lipinski definition) is 2. The lowest BCUT2D eigenvalue weighted by atomic mass is 9.87. The lowest BCUT2D eigenvalue weighted by molar-refractivity contribution is -0.0114. The summed E-state index contributed by atoms with van der Waals surface area (Å²) in [6, 6.07) is 7.86. The molecule has 17 heavy (non-hydrogen) atoms. The van der Waals surface area contributed by atoms with Gasteiger partial charge in [0, 0.05) is 26.1 Å². The molecule has 2 rings (SSSR count). The Kier molecular flexibility index (Phi) is 4.13. The third kappa shape index (κ3) is 3.05. The Morgan fingerprint density at radius 3 is 2.41 bits per heavy atom. The molecular weight excluding hydrogens is 217 g/mol. The summed E-state index contributed by atoms with van der Waals surface area (Å²) in [6.07, 6.45) is 2.89. The zero-order valence-electron chi connectivity index (χ0n) is 10.1. The molecule has 1 fully saturated rings. The topological polar surface area (TPSA) is 35.2 Å². The van der Waals surface area contributed by atoms with Gasteiger partial charge in [-0.3, -0.25) is 0 Å². The standard InChI is InChI=1S/C14H20FNO/c15-14(7-10-17-11-8-14)13-5-3-12(4-6-13)2-1-9-16/h3-6H,1-2,7-11,16H2. The fourth-order valence-electron chi connectivity index (χ4n) is 2.26. The van der Waals surface area contributed by atoms with E-state index in [1.165, 1.54) is 5.56 Å². The van der Waals surface area contributed by atoms with Crippen LogP contribution in [0.2, 0.25) is 0 Å². The maximum absolute atomic E-state index is 14.6. The Morgan fingerprint density at radius 2 is 1.82 bits per heavy atom. The van der Waals surface area contributed by atoms with Gasteiger partial charge in [-0.15, -0.1) is 0 Å². The van der Waals surface area contributed by atoms with Crippen LogP contribution in [0.4, 0.5) is 4.39 Å². The largest absolute Gasteiger partial charge is 0.381 e. The van der Waals surface area contributed by atoms with E-state index < -0.39 is 5.67 Å². The van der Waals surface area contributed by atoms with E-state index in [4.69, 9.17) is 10.5 Å². The SMILES string of the molecule is NCCCc1ccc(C2(F)CCOCC2)cc1. The average molecular weight is 237 g/mol. The molecule has 0 amide bonds. The Hall–Kier alpha value is -0.930. The molecule has 2 N–H and O–H groups in total. The van der Waals surface area contributed by atoms with Crippen molar-refractivity contribution in [2.24, 2.45) is 5.73 Å². The molecule has 2 nitrogen and oxygen atoms in total. The number of ether oxygens (including phenoxy) is 1. The van der Waals surface area contributed by atoms with E-state index in [0.29, 0.717) is 32.6 Å². The van der Waals surface area contributed by atoms with Crippen molar-refractivity contribution >= 4 is 0 Å². The van der Waals surface area contributed by atoms with Gasteiger partial charge in [-0.25, -0.2) is 4.39 Å². The van der Waals surface area contributed by atoms with Crippen LogP contribution in [-0.4, -0.2) is 19.8 Å². The number of hydrogen-bond donors (Lipinski definition) is 1. The van der Waals surface area contributed by atoms with E-state index in [1.807, 2.05) is 24.3 Å². The number of alkyl halides is 1. The third-order valence-electron chi connectivity index (χ3n) is 3.43. The Balaban J connectivity index is 2.06. The van der Waals surface area contributed by atoms with Crippen molar-refractivity contribution in [2.75, 3.05) is 19.8 Å². The van der Waals surface area contributed by atoms with Crippen LogP contribution in [0.1, 0.15) is 30.4 Å². The molecule has 0 atom stereocenters. The van der Waals surface area contributed by atoms with Gasteiger partial charge in [0.05, 0.1) is 0 Å². The molecule has 1 aromatic rings. The fourth-order valence-corrected chi connectivity index (χ4v) is 2.26. The van der Waals surface area contributed by atoms with Crippen LogP contribution in [0.5, 0.6) is 0 Å². The molecular formula is C14H20FNO. The molecule has 0 aliphatic carbocycles. The third-order valence-corrected chi connectivity index (χ3v) is 3.43. The summed E-state index contributed by atoms with van der Waals surface area (Å²) in [5.41, 5.74) is 6.30. The quantitative estimate of drug-likeness (QED) is 0.873. The van der Waals surface area contributed by atoms with Gasteiger partial charge in [-0.2, -0.15) is 0 Å². The van der Waals surface area contributed by atoms with Gasteiger partial charge in [0.25, 0.3) is 0 Å². The fraction of sp³-hybridized carbons (Fsp3) is 0.571. The molecule has 0 spiro atoms. The van der Waals surface area contributed by atoms with Crippen LogP contribution in [0.25, 0.3) is 0 Å². The van der Waals surface area contributed by atoms with E-state index in [0.717, 1.165) is 18.4 Å². The Labute approximate surface area is 102 Å². The highest BCUT2D eigenvalue weighted by molar-refractivity contribution is 5.27. The highest BCUT2D eigenvalue weighted by atomic mass is 19.1. The van der Waals surface area contributed by atoms with Gasteiger partial charge in [0.1, 0.15) is 5.67 Å². The smallest absolute Gasteiger partial charge is 0.140 e. The summed E-state index contributed by atoms with van der Waals surface area (Å²) >= 11 is 0. The highest BCUT2D eigenvalue weighted by Crippen LogP contribution is 2.36. The Morgan fingerprint density at radius 1 is 1.18 bits per heavy atom. The summed E-state index contributed by atoms with van der Waals surface area (Å²) in [5.74, 6) is 0. The van der Waals surface area contributed by atoms with Crippen molar-refractivity contribution in [3.05, 3.63) is 35.4 Å². The molecule has 0 radical (unpaired) electrons. The second kappa shape index (κ2) is 5.61. The molecule has 1 heterocycles. The molecule has 0 unspecified atom stereocenters. The molecule has 94 valence electrons. The maximum atomic E-state index is 14.6. The Bertz CT molecular complexity index is 344. The summed E-state index contributed by atoms with van der Waals surface area (Å²) in [5, 5.41) is 0. The second-order valence-corrected chi connectivity index (χ2v) is 4.67. The molecule has 1 aliphatic rings. The summed E-state index contributed by atoms with van der Waals surface area (Å²) in [4.78, 5) is 0. The summed E-state index contributed by atoms with van der Waals surface area (Å²) < 4.78 is 19.8. The number of benzene rings is 1. The minimum Gasteiger partial charge on any atom is -0.381 e. The predicted molar refractivity (Wildman–Crippen MR) is 66.7 cm³/mol. The summed E-state index contributed by atoms with van der Waals surface area (Å²) in [7, 11) is 0. The minimum atomic E-state index is -1.19. The van der Waals surface area contributed by atoms with Crippen LogP contribution in [-0.2, 0) is 16.8 Å². The van der Waals surface area contributed by atoms with Crippen molar-refractivity contribution in [3.8, 4) is 0 Å². The van der Waals surface area contributed by atoms with Crippen molar-refractivity contribution < 1.29 is 9.13 Å². The van der Waals surface area contributed by atoms with Gasteiger partial charge in [-0.05, 0) is 30.5 Å². The van der Waals surface area contributed by atoms with Crippen molar-refractivity contribution in [1.29, 1.82) is 0 Å². The van der Waals surface area contributed by atoms with E-state index >= 15 is 0 Å². The normalized spacial score (nSPS) is 19.2. The van der Waals surface area contributed by atoms with E-state index in [1.54, 1.807) is 0 Å². The monoisotopic (exact) mass is 237 g/mol. The molecule has 0 bridgehead atoms. The first-order valence-electron chi connectivity index (χ1n) is 6.31. The molecule has 1 saturated heterocycles. The van der Waals surface area contributed by atoms with Gasteiger partial charge >= 0.3 is 0 Å². The first-order chi connectivity index (χ1) is 8.24. The van der Waals surface area contributed by atoms with Crippen molar-refractivity contribution in [2.45, 2.75) is 31.4 Å². The van der Waals surface area contributed by atoms with E-state index in [-0.39, 0.29) is 0 Å². The lowest BCUT2D eigenvalue weighted by Gasteiger charge is -2.30. The van der Waals surface area contributed by atoms with Crippen LogP contribution < -0.4 is 5.73 Å². The second-order valence-electron chi connectivity index (χ2n) is 4.67. The molecule has 1 aliphatic heterocycles. The zero-order chi connectivity index (χ0) is 12.1. The number of aryl methyl sites for hydroxylation is 1. The number of nitrogens with two attached hydrogens (primary N) is 1. The van der Waals surface area contributed by atoms with Gasteiger partial charge < -0.3 is 10.5 Å². The summed E-state index contributed by atoms with van der Waals surface area (Å²) in [6.45, 7) is 1.74. The first kappa shape index (κ1) is 12.5. The van der Waals surface area contributed by atoms with Crippen LogP contribution >= 0.6 is 0 Å². The highest BCUT2D eigenvalue weighted by Gasteiger charge is 2.33. The van der Waals surface area contributed by atoms with E-state index in [2.05, 4.69) is 0 Å². The maximum Gasteiger partial charge on any atom is 0.140 e. The van der Waals surface area contributed by atoms with Crippen LogP contribution in [0, 0.1) is 0 Å². The number of rotatable bonds is 4. The molecule has 0 saturated carbocycles. The van der Waals surface area contributed by atoms with E-state index in [9.17, 15) is 4.39 Å². The van der Waals surface area contributed by atoms with Gasteiger partial charge in [0.2, 0.25) is 0 Å². The van der Waals surface area contributed by atoms with Crippen molar-refractivity contribution in [1.82, 2.24) is 0 Å². The molecule has 0 aromatic heterocycles. The molecule has 3 heteroatoms. The van der Waals surface area contributed by atoms with Gasteiger partial charge in [-0.1, -0.05) is 24.3 Å². The van der Waals surface area contributed by atoms with Crippen LogP contribution in [0.15, 0.2) is 24.3 Å². The lowest BCUT2D eigenvalue weighted by Crippen LogP contribution is -2.29. The first-order valence-corrected chi connectivity index (χ1v) is 6.31. The molecule has 1 aromatic carbocycles. The predicted octanol–water partition coefficient (Wildman–Crippen LogP) is 2.55. The van der Waals surface area contributed by atoms with Gasteiger partial charge in [0.15, 0.2) is 0 Å². The number of halogens is 1. The van der Waals surface area contributed by atoms with Crippen LogP contribution in [0.3, 0.4) is 0 Å². The average Bonchev–Trinajstić information content (AvgIpc) is 2.38.